The van der Waals surface area contributed by atoms with Gasteiger partial charge in [0.25, 0.3) is 0 Å². The van der Waals surface area contributed by atoms with Crippen LogP contribution in [-0.2, 0) is 4.74 Å². The Morgan fingerprint density at radius 1 is 1.37 bits per heavy atom. The number of anilines is 1. The van der Waals surface area contributed by atoms with Gasteiger partial charge in [-0.1, -0.05) is 31.7 Å². The normalized spacial score (nSPS) is 11.7. The summed E-state index contributed by atoms with van der Waals surface area (Å²) in [5.74, 6) is 0. The van der Waals surface area contributed by atoms with E-state index in [4.69, 9.17) is 4.74 Å². The van der Waals surface area contributed by atoms with E-state index in [0.717, 1.165) is 17.7 Å². The van der Waals surface area contributed by atoms with Crippen molar-refractivity contribution < 1.29 is 9.53 Å². The summed E-state index contributed by atoms with van der Waals surface area (Å²) in [5, 5.41) is 5.58. The summed E-state index contributed by atoms with van der Waals surface area (Å²) in [5.41, 5.74) is 1.78. The maximum Gasteiger partial charge on any atom is 0.319 e. The Bertz CT molecular complexity index is 401. The molecule has 2 N–H and O–H groups in total. The average molecular weight is 262 g/mol. The largest absolute Gasteiger partial charge is 0.377 e. The number of urea groups is 1. The lowest BCUT2D eigenvalue weighted by atomic mass is 10.2. The van der Waals surface area contributed by atoms with E-state index < -0.39 is 0 Å². The first-order valence-electron chi connectivity index (χ1n) is 6.58. The molecule has 0 fully saturated rings. The molecular weight excluding hydrogens is 240 g/mol. The lowest BCUT2D eigenvalue weighted by Gasteiger charge is -2.16. The van der Waals surface area contributed by atoms with Crippen LogP contribution in [0.5, 0.6) is 0 Å². The van der Waals surface area contributed by atoms with Crippen molar-refractivity contribution >= 4 is 17.8 Å². The zero-order chi connectivity index (χ0) is 14.1. The highest BCUT2D eigenvalue weighted by atomic mass is 16.5. The van der Waals surface area contributed by atoms with Crippen LogP contribution in [0.25, 0.3) is 6.08 Å². The van der Waals surface area contributed by atoms with Crippen LogP contribution in [0, 0.1) is 0 Å². The second-order valence-electron chi connectivity index (χ2n) is 4.15. The number of rotatable bonds is 7. The van der Waals surface area contributed by atoms with Crippen LogP contribution in [0.15, 0.2) is 30.8 Å². The fraction of sp³-hybridized carbons (Fsp3) is 0.400. The first kappa shape index (κ1) is 15.2. The van der Waals surface area contributed by atoms with Crippen molar-refractivity contribution in [1.29, 1.82) is 0 Å². The number of carbonyl (C=O) groups is 1. The predicted octanol–water partition coefficient (Wildman–Crippen LogP) is 3.27. The van der Waals surface area contributed by atoms with E-state index in [9.17, 15) is 4.79 Å². The highest BCUT2D eigenvalue weighted by Crippen LogP contribution is 2.09. The molecule has 0 aliphatic carbocycles. The van der Waals surface area contributed by atoms with Gasteiger partial charge in [0.15, 0.2) is 0 Å². The maximum atomic E-state index is 11.7. The summed E-state index contributed by atoms with van der Waals surface area (Å²) < 4.78 is 5.47. The van der Waals surface area contributed by atoms with E-state index in [0.29, 0.717) is 13.2 Å². The minimum Gasteiger partial charge on any atom is -0.377 e. The molecule has 104 valence electrons. The summed E-state index contributed by atoms with van der Waals surface area (Å²) in [6.45, 7) is 8.84. The number of carbonyl (C=O) groups excluding carboxylic acids is 1. The molecule has 4 heteroatoms. The van der Waals surface area contributed by atoms with Crippen LogP contribution in [-0.4, -0.2) is 25.3 Å². The van der Waals surface area contributed by atoms with Crippen molar-refractivity contribution in [1.82, 2.24) is 5.32 Å². The third kappa shape index (κ3) is 5.57. The van der Waals surface area contributed by atoms with Crippen molar-refractivity contribution in [3.63, 3.8) is 0 Å². The second kappa shape index (κ2) is 8.32. The Morgan fingerprint density at radius 3 is 2.58 bits per heavy atom. The van der Waals surface area contributed by atoms with Crippen molar-refractivity contribution in [2.75, 3.05) is 18.5 Å². The van der Waals surface area contributed by atoms with Gasteiger partial charge in [0.2, 0.25) is 0 Å². The second-order valence-corrected chi connectivity index (χ2v) is 4.15. The Balaban J connectivity index is 2.39. The molecule has 1 aromatic carbocycles. The van der Waals surface area contributed by atoms with Crippen LogP contribution in [0.4, 0.5) is 10.5 Å². The molecule has 2 amide bonds. The highest BCUT2D eigenvalue weighted by Gasteiger charge is 2.07. The summed E-state index contributed by atoms with van der Waals surface area (Å²) in [7, 11) is 0. The number of hydrogen-bond donors (Lipinski definition) is 2. The summed E-state index contributed by atoms with van der Waals surface area (Å²) in [6.07, 6.45) is 2.71. The Kier molecular flexibility index (Phi) is 6.68. The zero-order valence-electron chi connectivity index (χ0n) is 11.6. The van der Waals surface area contributed by atoms with Crippen LogP contribution in [0.3, 0.4) is 0 Å². The first-order chi connectivity index (χ1) is 9.19. The van der Waals surface area contributed by atoms with Crippen molar-refractivity contribution in [2.24, 2.45) is 0 Å². The van der Waals surface area contributed by atoms with Crippen LogP contribution < -0.4 is 10.6 Å². The summed E-state index contributed by atoms with van der Waals surface area (Å²) >= 11 is 0. The number of ether oxygens (including phenoxy) is 1. The van der Waals surface area contributed by atoms with Gasteiger partial charge in [-0.15, -0.1) is 0 Å². The Labute approximate surface area is 114 Å². The SMILES string of the molecule is C=Cc1ccc(NC(=O)NC[C@H](CC)OCC)cc1. The monoisotopic (exact) mass is 262 g/mol. The molecule has 0 heterocycles. The van der Waals surface area contributed by atoms with E-state index in [1.54, 1.807) is 6.08 Å². The molecule has 1 aromatic rings. The molecule has 1 atom stereocenters. The zero-order valence-corrected chi connectivity index (χ0v) is 11.6. The molecule has 19 heavy (non-hydrogen) atoms. The van der Waals surface area contributed by atoms with Gasteiger partial charge >= 0.3 is 6.03 Å². The van der Waals surface area contributed by atoms with Gasteiger partial charge in [0, 0.05) is 18.8 Å². The van der Waals surface area contributed by atoms with E-state index >= 15 is 0 Å². The molecule has 0 aromatic heterocycles. The minimum atomic E-state index is -0.218. The minimum absolute atomic E-state index is 0.0684. The molecular formula is C15H22N2O2. The molecule has 0 saturated heterocycles. The lowest BCUT2D eigenvalue weighted by molar-refractivity contribution is 0.0622. The predicted molar refractivity (Wildman–Crippen MR) is 79.3 cm³/mol. The van der Waals surface area contributed by atoms with E-state index in [2.05, 4.69) is 17.2 Å². The fourth-order valence-electron chi connectivity index (χ4n) is 1.64. The Hall–Kier alpha value is -1.81. The quantitative estimate of drug-likeness (QED) is 0.792. The van der Waals surface area contributed by atoms with E-state index in [-0.39, 0.29) is 12.1 Å². The van der Waals surface area contributed by atoms with Crippen molar-refractivity contribution in [3.05, 3.63) is 36.4 Å². The van der Waals surface area contributed by atoms with E-state index in [1.165, 1.54) is 0 Å². The molecule has 0 aliphatic heterocycles. The highest BCUT2D eigenvalue weighted by molar-refractivity contribution is 5.89. The third-order valence-corrected chi connectivity index (χ3v) is 2.75. The lowest BCUT2D eigenvalue weighted by Crippen LogP contribution is -2.36. The number of hydrogen-bond acceptors (Lipinski definition) is 2. The van der Waals surface area contributed by atoms with Gasteiger partial charge in [0.1, 0.15) is 0 Å². The molecule has 0 unspecified atom stereocenters. The molecule has 0 radical (unpaired) electrons. The maximum absolute atomic E-state index is 11.7. The first-order valence-corrected chi connectivity index (χ1v) is 6.58. The van der Waals surface area contributed by atoms with Gasteiger partial charge in [-0.3, -0.25) is 0 Å². The molecule has 0 bridgehead atoms. The van der Waals surface area contributed by atoms with Gasteiger partial charge in [-0.05, 0) is 31.0 Å². The Morgan fingerprint density at radius 2 is 2.05 bits per heavy atom. The van der Waals surface area contributed by atoms with E-state index in [1.807, 2.05) is 38.1 Å². The van der Waals surface area contributed by atoms with Crippen molar-refractivity contribution in [3.8, 4) is 0 Å². The van der Waals surface area contributed by atoms with Crippen LogP contribution in [0.1, 0.15) is 25.8 Å². The van der Waals surface area contributed by atoms with Gasteiger partial charge in [-0.25, -0.2) is 4.79 Å². The topological polar surface area (TPSA) is 50.4 Å². The molecule has 4 nitrogen and oxygen atoms in total. The van der Waals surface area contributed by atoms with Gasteiger partial charge in [0.05, 0.1) is 6.10 Å². The van der Waals surface area contributed by atoms with Crippen LogP contribution >= 0.6 is 0 Å². The molecule has 0 spiro atoms. The summed E-state index contributed by atoms with van der Waals surface area (Å²) in [6, 6.07) is 7.27. The van der Waals surface area contributed by atoms with Crippen LogP contribution in [0.2, 0.25) is 0 Å². The summed E-state index contributed by atoms with van der Waals surface area (Å²) in [4.78, 5) is 11.7. The third-order valence-electron chi connectivity index (χ3n) is 2.75. The number of benzene rings is 1. The molecule has 0 aliphatic rings. The molecule has 0 saturated carbocycles. The number of amides is 2. The average Bonchev–Trinajstić information content (AvgIpc) is 2.44. The molecule has 1 rings (SSSR count). The van der Waals surface area contributed by atoms with Crippen molar-refractivity contribution in [2.45, 2.75) is 26.4 Å². The van der Waals surface area contributed by atoms with Gasteiger partial charge < -0.3 is 15.4 Å². The number of nitrogens with one attached hydrogen (secondary N) is 2. The van der Waals surface area contributed by atoms with Gasteiger partial charge in [-0.2, -0.15) is 0 Å². The smallest absolute Gasteiger partial charge is 0.319 e. The standard InChI is InChI=1S/C15H22N2O2/c1-4-12-7-9-13(10-8-12)17-15(18)16-11-14(5-2)19-6-3/h4,7-10,14H,1,5-6,11H2,2-3H3,(H2,16,17,18)/t14-/m0/s1. The fourth-order valence-corrected chi connectivity index (χ4v) is 1.64.